The van der Waals surface area contributed by atoms with Crippen LogP contribution in [0.15, 0.2) is 0 Å². The van der Waals surface area contributed by atoms with Crippen LogP contribution in [0.25, 0.3) is 0 Å². The molecule has 4 saturated heterocycles. The molecule has 32 nitrogen and oxygen atoms in total. The monoisotopic (exact) mass is 1220 g/mol. The van der Waals surface area contributed by atoms with Crippen LogP contribution in [0, 0.1) is 0 Å². The number of hydrogen-bond acceptors (Lipinski definition) is 32. The first-order valence-electron chi connectivity index (χ1n) is 20.7. The van der Waals surface area contributed by atoms with Crippen molar-refractivity contribution < 1.29 is 292 Å². The Kier molecular flexibility index (Phi) is 36.9. The summed E-state index contributed by atoms with van der Waals surface area (Å²) in [6, 6.07) is 0. The summed E-state index contributed by atoms with van der Waals surface area (Å²) in [5, 5.41) is 45.1. The SMILES string of the molecule is CCCCCCCCO[C@H]1O[C@@H](C)[C@@H](O[C@@H]2O[C@@H](C)[C@@H](OS(=O)(=O)[O-])[C@@H](O[C@@H]3O[C@@H](C)[C@@H](O[C@@H]4O[C@@H](C)[C@@H](OS(=O)(=O)[O-])[C@@H](OS(=O)(=O)[O-])[C@@H]4O)[C@@H](OS(=O)(=O)[O-])[C@@H]3O)[C@@H]2O)[C@@H](OS(=O)(=O)[O-])[C@@H]1O.[Na+].[Na+].[Na+].[Na+].[Na+]. The molecule has 42 heteroatoms. The summed E-state index contributed by atoms with van der Waals surface area (Å²) >= 11 is 0. The zero-order valence-electron chi connectivity index (χ0n) is 41.8. The second-order valence-electron chi connectivity index (χ2n) is 16.1. The van der Waals surface area contributed by atoms with Gasteiger partial charge in [-0.15, -0.1) is 0 Å². The molecule has 0 saturated carbocycles. The molecule has 408 valence electrons. The molecule has 4 fully saturated rings. The number of hydrogen-bond donors (Lipinski definition) is 4. The van der Waals surface area contributed by atoms with E-state index in [0.29, 0.717) is 6.42 Å². The zero-order chi connectivity index (χ0) is 52.2. The molecule has 4 rings (SSSR count). The van der Waals surface area contributed by atoms with Crippen LogP contribution in [0.1, 0.15) is 73.1 Å². The molecule has 0 aromatic heterocycles. The van der Waals surface area contributed by atoms with Crippen LogP contribution in [-0.2, 0) is 111 Å². The fourth-order valence-corrected chi connectivity index (χ4v) is 10.3. The number of unbranched alkanes of at least 4 members (excludes halogenated alkanes) is 5. The van der Waals surface area contributed by atoms with Crippen LogP contribution >= 0.6 is 0 Å². The number of rotatable bonds is 24. The van der Waals surface area contributed by atoms with Crippen molar-refractivity contribution in [3.05, 3.63) is 0 Å². The van der Waals surface area contributed by atoms with Gasteiger partial charge in [0.2, 0.25) is 52.0 Å². The Morgan fingerprint density at radius 3 is 0.959 bits per heavy atom. The first kappa shape index (κ1) is 79.9. The van der Waals surface area contributed by atoms with Gasteiger partial charge in [0, 0.05) is 6.61 Å². The molecule has 0 amide bonds. The van der Waals surface area contributed by atoms with Gasteiger partial charge in [-0.2, -0.15) is 0 Å². The normalized spacial score (nSPS) is 37.2. The molecule has 4 N–H and O–H groups in total. The van der Waals surface area contributed by atoms with E-state index in [4.69, 9.17) is 37.9 Å². The van der Waals surface area contributed by atoms with Gasteiger partial charge in [0.25, 0.3) is 0 Å². The van der Waals surface area contributed by atoms with Crippen molar-refractivity contribution in [1.29, 1.82) is 0 Å². The summed E-state index contributed by atoms with van der Waals surface area (Å²) < 4.78 is 243. The number of aliphatic hydroxyl groups excluding tert-OH is 4. The molecule has 4 heterocycles. The fraction of sp³-hybridized carbons (Fsp3) is 1.00. The topological polar surface area (TPSA) is 487 Å². The Hall–Kier alpha value is 3.87. The van der Waals surface area contributed by atoms with Crippen molar-refractivity contribution in [3.63, 3.8) is 0 Å². The third-order valence-electron chi connectivity index (χ3n) is 10.8. The molecule has 0 aromatic carbocycles. The van der Waals surface area contributed by atoms with E-state index in [2.05, 4.69) is 20.9 Å². The molecule has 0 spiro atoms. The van der Waals surface area contributed by atoms with Crippen molar-refractivity contribution in [3.8, 4) is 0 Å². The van der Waals surface area contributed by atoms with E-state index >= 15 is 0 Å². The van der Waals surface area contributed by atoms with Crippen LogP contribution in [0.2, 0.25) is 0 Å². The van der Waals surface area contributed by atoms with Crippen LogP contribution in [0.5, 0.6) is 0 Å². The first-order chi connectivity index (χ1) is 31.6. The molecule has 74 heavy (non-hydrogen) atoms. The van der Waals surface area contributed by atoms with E-state index in [9.17, 15) is 85.3 Å². The molecule has 0 bridgehead atoms. The maximum Gasteiger partial charge on any atom is 1.00 e. The Morgan fingerprint density at radius 2 is 0.608 bits per heavy atom. The minimum atomic E-state index is -5.95. The van der Waals surface area contributed by atoms with Crippen LogP contribution in [0.3, 0.4) is 0 Å². The summed E-state index contributed by atoms with van der Waals surface area (Å²) in [6.07, 6.45) is -38.6. The summed E-state index contributed by atoms with van der Waals surface area (Å²) in [4.78, 5) is 0. The quantitative estimate of drug-likeness (QED) is 0.0302. The molecule has 0 unspecified atom stereocenters. The predicted octanol–water partition coefficient (Wildman–Crippen LogP) is -19.8. The van der Waals surface area contributed by atoms with Crippen molar-refractivity contribution >= 4 is 52.0 Å². The molecular formula is C32H53Na5O32S5. The van der Waals surface area contributed by atoms with E-state index < -0.39 is 175 Å². The maximum atomic E-state index is 12.0. The maximum absolute atomic E-state index is 12.0. The largest absolute Gasteiger partial charge is 1.00 e. The summed E-state index contributed by atoms with van der Waals surface area (Å²) in [6.45, 7) is 6.16. The molecule has 0 aromatic rings. The van der Waals surface area contributed by atoms with E-state index in [1.54, 1.807) is 0 Å². The molecule has 4 aliphatic heterocycles. The summed E-state index contributed by atoms with van der Waals surface area (Å²) in [5.74, 6) is 0. The van der Waals surface area contributed by atoms with Gasteiger partial charge in [-0.25, -0.2) is 42.1 Å². The van der Waals surface area contributed by atoms with Gasteiger partial charge in [0.05, 0.1) is 24.4 Å². The van der Waals surface area contributed by atoms with Crippen molar-refractivity contribution in [2.75, 3.05) is 6.61 Å². The zero-order valence-corrected chi connectivity index (χ0v) is 55.8. The Morgan fingerprint density at radius 1 is 0.365 bits per heavy atom. The first-order valence-corrected chi connectivity index (χ1v) is 27.4. The average molecular weight is 1230 g/mol. The van der Waals surface area contributed by atoms with Crippen molar-refractivity contribution in [2.45, 2.75) is 196 Å². The predicted molar refractivity (Wildman–Crippen MR) is 208 cm³/mol. The fourth-order valence-electron chi connectivity index (χ4n) is 7.78. The van der Waals surface area contributed by atoms with Crippen LogP contribution in [-0.4, -0.2) is 215 Å². The van der Waals surface area contributed by atoms with Crippen LogP contribution < -0.4 is 148 Å². The Labute approximate surface area is 539 Å². The Bertz CT molecular complexity index is 2240. The van der Waals surface area contributed by atoms with Gasteiger partial charge in [-0.05, 0) is 34.1 Å². The summed E-state index contributed by atoms with van der Waals surface area (Å²) in [7, 11) is -29.0. The second-order valence-corrected chi connectivity index (χ2v) is 21.1. The van der Waals surface area contributed by atoms with E-state index in [1.807, 2.05) is 6.92 Å². The van der Waals surface area contributed by atoms with E-state index in [1.165, 1.54) is 6.92 Å². The number of ether oxygens (including phenoxy) is 8. The summed E-state index contributed by atoms with van der Waals surface area (Å²) in [5.41, 5.74) is 0. The van der Waals surface area contributed by atoms with Crippen molar-refractivity contribution in [2.24, 2.45) is 0 Å². The minimum Gasteiger partial charge on any atom is -0.726 e. The molecule has 20 atom stereocenters. The van der Waals surface area contributed by atoms with Crippen LogP contribution in [0.4, 0.5) is 0 Å². The second kappa shape index (κ2) is 34.1. The van der Waals surface area contributed by atoms with Gasteiger partial charge >= 0.3 is 148 Å². The van der Waals surface area contributed by atoms with Gasteiger partial charge in [0.1, 0.15) is 73.2 Å². The van der Waals surface area contributed by atoms with Gasteiger partial charge in [-0.1, -0.05) is 39.0 Å². The van der Waals surface area contributed by atoms with Crippen molar-refractivity contribution in [1.82, 2.24) is 0 Å². The molecule has 4 aliphatic rings. The van der Waals surface area contributed by atoms with Gasteiger partial charge in [-0.3, -0.25) is 20.9 Å². The third-order valence-corrected chi connectivity index (χ3v) is 13.1. The van der Waals surface area contributed by atoms with Gasteiger partial charge in [0.15, 0.2) is 25.2 Å². The standard InChI is InChI=1S/C32H58O32S5.5Na/c1-6-7-8-9-10-11-12-52-29-18(34)26(62-67(43,44)45)21(13(2)53-29)57-30-17(33)25(23(15(4)55-30)60-65(37,38)39)59-32-19(35)27(63-68(46,47)48)22(14(3)54-32)58-31-20(36)28(64-69(49,50)51)24(16(5)56-31)61-66(40,41)42;;;;;/h13-36H,6-12H2,1-5H3,(H,37,38,39)(H,40,41,42)(H,43,44,45)(H,46,47,48)(H,49,50,51);;;;;/q;5*+1/p-5/t13-,14-,15-,16-,17-,18-,19-,20-,21+,22+,23+,24+,25-,26-,27-,28-,29-,30-,31-,32-;;;;;/m0...../s1. The molecule has 0 radical (unpaired) electrons. The molecular weight excluding hydrogens is 1170 g/mol. The van der Waals surface area contributed by atoms with E-state index in [-0.39, 0.29) is 154 Å². The van der Waals surface area contributed by atoms with Gasteiger partial charge < -0.3 is 81.1 Å². The molecule has 0 aliphatic carbocycles. The van der Waals surface area contributed by atoms with E-state index in [0.717, 1.165) is 52.9 Å². The minimum absolute atomic E-state index is 0. The number of aliphatic hydroxyl groups is 4. The third kappa shape index (κ3) is 25.2. The smallest absolute Gasteiger partial charge is 0.726 e. The Balaban J connectivity index is 0. The average Bonchev–Trinajstić information content (AvgIpc) is 3.18.